The normalized spacial score (nSPS) is 27.4. The molecule has 1 aliphatic heterocycles. The summed E-state index contributed by atoms with van der Waals surface area (Å²) in [6.45, 7) is 2.19. The molecule has 0 unspecified atom stereocenters. The van der Waals surface area contributed by atoms with Gasteiger partial charge in [0.25, 0.3) is 0 Å². The Morgan fingerprint density at radius 3 is 2.45 bits per heavy atom. The van der Waals surface area contributed by atoms with Crippen molar-refractivity contribution in [2.24, 2.45) is 0 Å². The summed E-state index contributed by atoms with van der Waals surface area (Å²) in [7, 11) is -3.35. The van der Waals surface area contributed by atoms with Crippen molar-refractivity contribution >= 4 is 15.5 Å². The highest BCUT2D eigenvalue weighted by Gasteiger charge is 2.42. The second-order valence-electron chi connectivity index (χ2n) is 5.76. The Kier molecular flexibility index (Phi) is 3.38. The summed E-state index contributed by atoms with van der Waals surface area (Å²) in [5, 5.41) is 9.24. The van der Waals surface area contributed by atoms with Crippen molar-refractivity contribution in [3.8, 4) is 5.75 Å². The lowest BCUT2D eigenvalue weighted by atomic mass is 9.91. The molecule has 6 heteroatoms. The van der Waals surface area contributed by atoms with Gasteiger partial charge in [0.05, 0.1) is 15.8 Å². The van der Waals surface area contributed by atoms with E-state index in [-0.39, 0.29) is 21.6 Å². The first-order chi connectivity index (χ1) is 9.48. The molecule has 1 aliphatic carbocycles. The van der Waals surface area contributed by atoms with Gasteiger partial charge in [0.2, 0.25) is 0 Å². The maximum atomic E-state index is 12.5. The number of phenolic OH excluding ortho intramolecular Hbond substituents is 1. The van der Waals surface area contributed by atoms with Crippen LogP contribution in [0.2, 0.25) is 0 Å². The molecule has 0 aromatic heterocycles. The number of hydrogen-bond acceptors (Lipinski definition) is 5. The van der Waals surface area contributed by atoms with Crippen molar-refractivity contribution in [3.05, 3.63) is 18.2 Å². The molecular weight excluding hydrogens is 276 g/mol. The first-order valence-electron chi connectivity index (χ1n) is 7.05. The second kappa shape index (κ2) is 4.93. The number of anilines is 1. The molecule has 5 nitrogen and oxygen atoms in total. The number of likely N-dealkylation sites (tertiary alicyclic amines) is 1. The Balaban J connectivity index is 1.72. The van der Waals surface area contributed by atoms with Gasteiger partial charge in [-0.25, -0.2) is 8.42 Å². The molecule has 1 aromatic carbocycles. The summed E-state index contributed by atoms with van der Waals surface area (Å²) in [5.41, 5.74) is 5.71. The summed E-state index contributed by atoms with van der Waals surface area (Å²) in [6, 6.07) is 4.60. The summed E-state index contributed by atoms with van der Waals surface area (Å²) in [6.07, 6.45) is 3.85. The minimum absolute atomic E-state index is 0.165. The summed E-state index contributed by atoms with van der Waals surface area (Å²) >= 11 is 0. The third-order valence-corrected chi connectivity index (χ3v) is 6.67. The highest BCUT2D eigenvalue weighted by atomic mass is 32.2. The van der Waals surface area contributed by atoms with Crippen LogP contribution < -0.4 is 5.73 Å². The lowest BCUT2D eigenvalue weighted by molar-refractivity contribution is 0.161. The van der Waals surface area contributed by atoms with E-state index in [1.807, 2.05) is 0 Å². The molecular formula is C14H20N2O3S. The van der Waals surface area contributed by atoms with Crippen molar-refractivity contribution in [3.63, 3.8) is 0 Å². The lowest BCUT2D eigenvalue weighted by Gasteiger charge is -2.40. The standard InChI is InChI=1S/C14H20N2O3S/c15-13-4-3-11(9-14(13)17)20(18,19)12-7-10(8-12)16-5-1-2-6-16/h3-4,9-10,12,17H,1-2,5-8,15H2. The topological polar surface area (TPSA) is 83.6 Å². The average molecular weight is 296 g/mol. The molecule has 0 atom stereocenters. The first-order valence-corrected chi connectivity index (χ1v) is 8.59. The van der Waals surface area contributed by atoms with E-state index >= 15 is 0 Å². The van der Waals surface area contributed by atoms with Gasteiger partial charge in [0.1, 0.15) is 5.75 Å². The maximum absolute atomic E-state index is 12.5. The molecule has 20 heavy (non-hydrogen) atoms. The minimum Gasteiger partial charge on any atom is -0.506 e. The Morgan fingerprint density at radius 1 is 1.20 bits per heavy atom. The molecule has 1 heterocycles. The zero-order valence-electron chi connectivity index (χ0n) is 11.3. The molecule has 0 spiro atoms. The van der Waals surface area contributed by atoms with E-state index in [2.05, 4.69) is 4.90 Å². The van der Waals surface area contributed by atoms with E-state index in [1.54, 1.807) is 0 Å². The summed E-state index contributed by atoms with van der Waals surface area (Å²) < 4.78 is 24.9. The van der Waals surface area contributed by atoms with E-state index in [0.717, 1.165) is 13.1 Å². The van der Waals surface area contributed by atoms with Crippen LogP contribution in [-0.2, 0) is 9.84 Å². The largest absolute Gasteiger partial charge is 0.506 e. The molecule has 2 fully saturated rings. The van der Waals surface area contributed by atoms with Gasteiger partial charge < -0.3 is 15.7 Å². The highest BCUT2D eigenvalue weighted by molar-refractivity contribution is 7.92. The van der Waals surface area contributed by atoms with Gasteiger partial charge in [-0.2, -0.15) is 0 Å². The van der Waals surface area contributed by atoms with Crippen LogP contribution in [0.5, 0.6) is 5.75 Å². The summed E-state index contributed by atoms with van der Waals surface area (Å²) in [4.78, 5) is 2.57. The molecule has 1 saturated heterocycles. The number of sulfone groups is 1. The van der Waals surface area contributed by atoms with E-state index in [1.165, 1.54) is 31.0 Å². The fourth-order valence-corrected chi connectivity index (χ4v) is 4.96. The van der Waals surface area contributed by atoms with Crippen LogP contribution in [0.1, 0.15) is 25.7 Å². The van der Waals surface area contributed by atoms with Gasteiger partial charge in [0, 0.05) is 12.1 Å². The van der Waals surface area contributed by atoms with Crippen LogP contribution in [0.4, 0.5) is 5.69 Å². The predicted octanol–water partition coefficient (Wildman–Crippen LogP) is 1.37. The second-order valence-corrected chi connectivity index (χ2v) is 7.98. The van der Waals surface area contributed by atoms with Crippen molar-refractivity contribution < 1.29 is 13.5 Å². The fraction of sp³-hybridized carbons (Fsp3) is 0.571. The smallest absolute Gasteiger partial charge is 0.181 e. The van der Waals surface area contributed by atoms with Gasteiger partial charge in [0.15, 0.2) is 9.84 Å². The Bertz CT molecular complexity index is 603. The van der Waals surface area contributed by atoms with Crippen molar-refractivity contribution in [1.29, 1.82) is 0 Å². The van der Waals surface area contributed by atoms with Crippen molar-refractivity contribution in [2.75, 3.05) is 18.8 Å². The molecule has 2 aliphatic rings. The maximum Gasteiger partial charge on any atom is 0.181 e. The highest BCUT2D eigenvalue weighted by Crippen LogP contribution is 2.37. The van der Waals surface area contributed by atoms with E-state index in [0.29, 0.717) is 18.9 Å². The van der Waals surface area contributed by atoms with Gasteiger partial charge >= 0.3 is 0 Å². The monoisotopic (exact) mass is 296 g/mol. The van der Waals surface area contributed by atoms with Crippen LogP contribution in [0.25, 0.3) is 0 Å². The zero-order valence-corrected chi connectivity index (χ0v) is 12.1. The van der Waals surface area contributed by atoms with Crippen molar-refractivity contribution in [2.45, 2.75) is 41.9 Å². The van der Waals surface area contributed by atoms with Crippen LogP contribution in [-0.4, -0.2) is 42.8 Å². The molecule has 110 valence electrons. The van der Waals surface area contributed by atoms with Gasteiger partial charge in [-0.3, -0.25) is 0 Å². The molecule has 0 bridgehead atoms. The molecule has 1 aromatic rings. The van der Waals surface area contributed by atoms with Crippen LogP contribution in [0, 0.1) is 0 Å². The number of rotatable bonds is 3. The Morgan fingerprint density at radius 2 is 1.85 bits per heavy atom. The Labute approximate surface area is 119 Å². The van der Waals surface area contributed by atoms with Gasteiger partial charge in [-0.15, -0.1) is 0 Å². The van der Waals surface area contributed by atoms with E-state index in [9.17, 15) is 13.5 Å². The summed E-state index contributed by atoms with van der Waals surface area (Å²) in [5.74, 6) is -0.165. The first kappa shape index (κ1) is 13.7. The lowest BCUT2D eigenvalue weighted by Crippen LogP contribution is -2.48. The molecule has 3 rings (SSSR count). The number of hydrogen-bond donors (Lipinski definition) is 2. The molecule has 0 amide bonds. The van der Waals surface area contributed by atoms with Crippen LogP contribution >= 0.6 is 0 Å². The zero-order chi connectivity index (χ0) is 14.3. The fourth-order valence-electron chi connectivity index (χ4n) is 3.09. The molecule has 1 saturated carbocycles. The minimum atomic E-state index is -3.35. The Hall–Kier alpha value is -1.27. The number of nitrogens with zero attached hydrogens (tertiary/aromatic N) is 1. The molecule has 3 N–H and O–H groups in total. The number of nitrogen functional groups attached to an aromatic ring is 1. The average Bonchev–Trinajstić information content (AvgIpc) is 2.84. The van der Waals surface area contributed by atoms with E-state index < -0.39 is 9.84 Å². The number of benzene rings is 1. The van der Waals surface area contributed by atoms with Crippen molar-refractivity contribution in [1.82, 2.24) is 4.90 Å². The number of aromatic hydroxyl groups is 1. The number of nitrogens with two attached hydrogens (primary N) is 1. The van der Waals surface area contributed by atoms with E-state index in [4.69, 9.17) is 5.73 Å². The quantitative estimate of drug-likeness (QED) is 0.650. The van der Waals surface area contributed by atoms with Crippen LogP contribution in [0.3, 0.4) is 0 Å². The van der Waals surface area contributed by atoms with Crippen LogP contribution in [0.15, 0.2) is 23.1 Å². The third-order valence-electron chi connectivity index (χ3n) is 4.50. The SMILES string of the molecule is Nc1ccc(S(=O)(=O)C2CC(N3CCCC3)C2)cc1O. The molecule has 0 radical (unpaired) electrons. The number of phenols is 1. The predicted molar refractivity (Wildman–Crippen MR) is 77.3 cm³/mol. The third kappa shape index (κ3) is 2.27. The van der Waals surface area contributed by atoms with Gasteiger partial charge in [-0.05, 0) is 50.9 Å². The van der Waals surface area contributed by atoms with Gasteiger partial charge in [-0.1, -0.05) is 0 Å².